The smallest absolute Gasteiger partial charge is 0.0450 e. The summed E-state index contributed by atoms with van der Waals surface area (Å²) < 4.78 is 0. The highest BCUT2D eigenvalue weighted by molar-refractivity contribution is 8.32. The summed E-state index contributed by atoms with van der Waals surface area (Å²) in [5.74, 6) is 3.01. The van der Waals surface area contributed by atoms with E-state index >= 15 is 0 Å². The van der Waals surface area contributed by atoms with Gasteiger partial charge in [-0.2, -0.15) is 0 Å². The fourth-order valence-electron chi connectivity index (χ4n) is 1.22. The van der Waals surface area contributed by atoms with Gasteiger partial charge in [-0.1, -0.05) is 39.0 Å². The Bertz CT molecular complexity index is 136. The SMILES string of the molecule is CCCCS(C)(C)CC[Si](C)(C)C. The van der Waals surface area contributed by atoms with Gasteiger partial charge in [0, 0.05) is 8.07 Å². The Morgan fingerprint density at radius 2 is 1.54 bits per heavy atom. The predicted molar refractivity (Wildman–Crippen MR) is 72.2 cm³/mol. The maximum Gasteiger partial charge on any atom is 0.0450 e. The van der Waals surface area contributed by atoms with Crippen molar-refractivity contribution in [1.82, 2.24) is 0 Å². The maximum absolute atomic E-state index is 2.52. The van der Waals surface area contributed by atoms with Crippen molar-refractivity contribution in [2.45, 2.75) is 45.5 Å². The normalized spacial score (nSPS) is 14.6. The topological polar surface area (TPSA) is 0 Å². The zero-order chi connectivity index (χ0) is 10.5. The van der Waals surface area contributed by atoms with Crippen molar-refractivity contribution < 1.29 is 0 Å². The lowest BCUT2D eigenvalue weighted by molar-refractivity contribution is 0.891. The van der Waals surface area contributed by atoms with E-state index in [4.69, 9.17) is 0 Å². The maximum atomic E-state index is 2.52. The summed E-state index contributed by atoms with van der Waals surface area (Å²) in [5.41, 5.74) is 0. The van der Waals surface area contributed by atoms with Gasteiger partial charge in [0.1, 0.15) is 0 Å². The average molecular weight is 220 g/mol. The zero-order valence-corrected chi connectivity index (χ0v) is 12.3. The molecule has 0 aromatic carbocycles. The fraction of sp³-hybridized carbons (Fsp3) is 1.00. The van der Waals surface area contributed by atoms with Crippen LogP contribution in [-0.2, 0) is 0 Å². The first-order chi connectivity index (χ1) is 5.77. The van der Waals surface area contributed by atoms with E-state index in [1.165, 1.54) is 30.4 Å². The number of hydrogen-bond acceptors (Lipinski definition) is 0. The van der Waals surface area contributed by atoms with Crippen LogP contribution in [0.25, 0.3) is 0 Å². The molecule has 0 atom stereocenters. The van der Waals surface area contributed by atoms with Crippen molar-refractivity contribution in [2.24, 2.45) is 0 Å². The molecule has 0 aromatic heterocycles. The lowest BCUT2D eigenvalue weighted by Crippen LogP contribution is -2.23. The van der Waals surface area contributed by atoms with Crippen LogP contribution in [0.15, 0.2) is 0 Å². The van der Waals surface area contributed by atoms with Crippen molar-refractivity contribution in [2.75, 3.05) is 24.0 Å². The van der Waals surface area contributed by atoms with Crippen LogP contribution in [0.3, 0.4) is 0 Å². The standard InChI is InChI=1S/C11H28SSi/c1-7-8-9-12(2,3)10-11-13(4,5)6/h7-11H2,1-6H3. The lowest BCUT2D eigenvalue weighted by atomic mass is 10.4. The summed E-state index contributed by atoms with van der Waals surface area (Å²) in [4.78, 5) is 0. The van der Waals surface area contributed by atoms with Crippen molar-refractivity contribution in [3.05, 3.63) is 0 Å². The van der Waals surface area contributed by atoms with Gasteiger partial charge in [-0.05, 0) is 30.4 Å². The van der Waals surface area contributed by atoms with Crippen LogP contribution in [0.2, 0.25) is 25.7 Å². The second-order valence-corrected chi connectivity index (χ2v) is 15.8. The van der Waals surface area contributed by atoms with Crippen LogP contribution in [0.1, 0.15) is 19.8 Å². The van der Waals surface area contributed by atoms with Gasteiger partial charge in [0.25, 0.3) is 0 Å². The average Bonchev–Trinajstić information content (AvgIpc) is 1.97. The largest absolute Gasteiger partial charge is 0.247 e. The molecule has 0 N–H and O–H groups in total. The molecule has 0 nitrogen and oxygen atoms in total. The molecule has 0 bridgehead atoms. The Balaban J connectivity index is 3.75. The lowest BCUT2D eigenvalue weighted by Gasteiger charge is -2.33. The summed E-state index contributed by atoms with van der Waals surface area (Å²) in [6, 6.07) is 1.53. The molecule has 0 saturated heterocycles. The van der Waals surface area contributed by atoms with E-state index in [9.17, 15) is 0 Å². The highest BCUT2D eigenvalue weighted by atomic mass is 32.3. The molecule has 0 aliphatic heterocycles. The van der Waals surface area contributed by atoms with Crippen molar-refractivity contribution >= 4 is 18.1 Å². The van der Waals surface area contributed by atoms with Gasteiger partial charge in [-0.3, -0.25) is 0 Å². The molecule has 0 rings (SSSR count). The zero-order valence-electron chi connectivity index (χ0n) is 10.4. The van der Waals surface area contributed by atoms with Crippen molar-refractivity contribution in [1.29, 1.82) is 0 Å². The van der Waals surface area contributed by atoms with Crippen molar-refractivity contribution in [3.63, 3.8) is 0 Å². The molecule has 0 aliphatic carbocycles. The first-order valence-electron chi connectivity index (χ1n) is 5.45. The molecule has 0 saturated carbocycles. The molecule has 2 heteroatoms. The van der Waals surface area contributed by atoms with Gasteiger partial charge in [0.05, 0.1) is 0 Å². The van der Waals surface area contributed by atoms with Crippen LogP contribution in [0.4, 0.5) is 0 Å². The monoisotopic (exact) mass is 220 g/mol. The Hall–Kier alpha value is 0.567. The van der Waals surface area contributed by atoms with E-state index in [-0.39, 0.29) is 10.0 Å². The number of unbranched alkanes of at least 4 members (excludes halogenated alkanes) is 1. The van der Waals surface area contributed by atoms with Gasteiger partial charge in [-0.25, -0.2) is 10.0 Å². The molecule has 0 amide bonds. The van der Waals surface area contributed by atoms with E-state index < -0.39 is 8.07 Å². The third-order valence-electron chi connectivity index (χ3n) is 2.46. The Kier molecular flexibility index (Phi) is 5.69. The highest BCUT2D eigenvalue weighted by Crippen LogP contribution is 2.42. The van der Waals surface area contributed by atoms with E-state index in [0.29, 0.717) is 0 Å². The molecule has 13 heavy (non-hydrogen) atoms. The Morgan fingerprint density at radius 3 is 1.92 bits per heavy atom. The third kappa shape index (κ3) is 8.89. The Morgan fingerprint density at radius 1 is 1.00 bits per heavy atom. The van der Waals surface area contributed by atoms with Crippen LogP contribution in [-0.4, -0.2) is 32.1 Å². The summed E-state index contributed by atoms with van der Waals surface area (Å²) in [6.45, 7) is 9.76. The van der Waals surface area contributed by atoms with Crippen molar-refractivity contribution in [3.8, 4) is 0 Å². The Labute approximate surface area is 87.8 Å². The molecule has 0 aliphatic rings. The first kappa shape index (κ1) is 13.6. The molecule has 0 radical (unpaired) electrons. The molecule has 0 unspecified atom stereocenters. The summed E-state index contributed by atoms with van der Waals surface area (Å²) >= 11 is 0. The van der Waals surface area contributed by atoms with Gasteiger partial charge in [0.2, 0.25) is 0 Å². The minimum Gasteiger partial charge on any atom is -0.247 e. The quantitative estimate of drug-likeness (QED) is 0.589. The van der Waals surface area contributed by atoms with E-state index in [1.807, 2.05) is 0 Å². The van der Waals surface area contributed by atoms with Crippen LogP contribution in [0.5, 0.6) is 0 Å². The molecule has 0 aromatic rings. The number of hydrogen-bond donors (Lipinski definition) is 0. The molecule has 0 heterocycles. The van der Waals surface area contributed by atoms with Crippen LogP contribution >= 0.6 is 10.0 Å². The van der Waals surface area contributed by atoms with Gasteiger partial charge in [0.15, 0.2) is 0 Å². The highest BCUT2D eigenvalue weighted by Gasteiger charge is 2.18. The third-order valence-corrected chi connectivity index (χ3v) is 7.27. The molecule has 0 fully saturated rings. The fourth-order valence-corrected chi connectivity index (χ4v) is 7.15. The summed E-state index contributed by atoms with van der Waals surface area (Å²) in [7, 11) is -1.03. The van der Waals surface area contributed by atoms with Crippen LogP contribution < -0.4 is 0 Å². The summed E-state index contributed by atoms with van der Waals surface area (Å²) in [6.07, 6.45) is 7.84. The van der Waals surface area contributed by atoms with E-state index in [0.717, 1.165) is 0 Å². The second kappa shape index (κ2) is 5.45. The predicted octanol–water partition coefficient (Wildman–Crippen LogP) is 4.19. The minimum atomic E-state index is -0.785. The minimum absolute atomic E-state index is 0.242. The number of rotatable bonds is 6. The van der Waals surface area contributed by atoms with Gasteiger partial charge >= 0.3 is 0 Å². The second-order valence-electron chi connectivity index (χ2n) is 5.84. The van der Waals surface area contributed by atoms with Gasteiger partial charge in [-0.15, -0.1) is 0 Å². The van der Waals surface area contributed by atoms with E-state index in [2.05, 4.69) is 39.1 Å². The molecule has 0 spiro atoms. The first-order valence-corrected chi connectivity index (χ1v) is 11.9. The molecule has 82 valence electrons. The molecular weight excluding hydrogens is 192 g/mol. The van der Waals surface area contributed by atoms with Crippen LogP contribution in [0, 0.1) is 0 Å². The molecular formula is C11H28SSi. The summed E-state index contributed by atoms with van der Waals surface area (Å²) in [5, 5.41) is 0. The van der Waals surface area contributed by atoms with E-state index in [1.54, 1.807) is 0 Å². The van der Waals surface area contributed by atoms with Gasteiger partial charge < -0.3 is 0 Å².